The van der Waals surface area contributed by atoms with Crippen LogP contribution < -0.4 is 11.5 Å². The van der Waals surface area contributed by atoms with E-state index in [1.54, 1.807) is 19.1 Å². The molecule has 76 valence electrons. The highest BCUT2D eigenvalue weighted by Crippen LogP contribution is 2.16. The van der Waals surface area contributed by atoms with Gasteiger partial charge in [0.1, 0.15) is 5.82 Å². The number of hydrogen-bond donors (Lipinski definition) is 2. The van der Waals surface area contributed by atoms with E-state index in [4.69, 9.17) is 11.5 Å². The van der Waals surface area contributed by atoms with Crippen LogP contribution in [0.1, 0.15) is 23.6 Å². The van der Waals surface area contributed by atoms with E-state index in [1.165, 1.54) is 6.07 Å². The van der Waals surface area contributed by atoms with Crippen molar-refractivity contribution in [1.29, 1.82) is 0 Å². The average molecular weight is 196 g/mol. The van der Waals surface area contributed by atoms with Gasteiger partial charge in [-0.1, -0.05) is 12.1 Å². The summed E-state index contributed by atoms with van der Waals surface area (Å²) in [5.74, 6) is -0.737. The maximum Gasteiger partial charge on any atom is 0.219 e. The van der Waals surface area contributed by atoms with Gasteiger partial charge in [0.15, 0.2) is 0 Å². The molecule has 3 nitrogen and oxygen atoms in total. The van der Waals surface area contributed by atoms with E-state index in [0.29, 0.717) is 5.56 Å². The zero-order valence-corrected chi connectivity index (χ0v) is 7.96. The van der Waals surface area contributed by atoms with Crippen molar-refractivity contribution in [3.8, 4) is 0 Å². The monoisotopic (exact) mass is 196 g/mol. The summed E-state index contributed by atoms with van der Waals surface area (Å²) >= 11 is 0. The van der Waals surface area contributed by atoms with Crippen LogP contribution in [0, 0.1) is 12.7 Å². The minimum Gasteiger partial charge on any atom is -0.370 e. The zero-order chi connectivity index (χ0) is 10.7. The van der Waals surface area contributed by atoms with Gasteiger partial charge < -0.3 is 11.5 Å². The van der Waals surface area contributed by atoms with Gasteiger partial charge in [0, 0.05) is 12.5 Å². The van der Waals surface area contributed by atoms with Crippen molar-refractivity contribution in [1.82, 2.24) is 0 Å². The van der Waals surface area contributed by atoms with E-state index in [9.17, 15) is 9.18 Å². The first-order valence-electron chi connectivity index (χ1n) is 4.30. The number of carbonyl (C=O) groups is 1. The minimum absolute atomic E-state index is 0.0745. The van der Waals surface area contributed by atoms with Gasteiger partial charge in [0.2, 0.25) is 5.91 Å². The molecule has 1 amide bonds. The molecule has 0 aliphatic carbocycles. The minimum atomic E-state index is -0.459. The van der Waals surface area contributed by atoms with Crippen LogP contribution in [-0.4, -0.2) is 5.91 Å². The van der Waals surface area contributed by atoms with Crippen LogP contribution in [0.5, 0.6) is 0 Å². The lowest BCUT2D eigenvalue weighted by Crippen LogP contribution is -2.20. The van der Waals surface area contributed by atoms with Crippen LogP contribution >= 0.6 is 0 Å². The molecular weight excluding hydrogens is 183 g/mol. The first kappa shape index (κ1) is 10.7. The highest BCUT2D eigenvalue weighted by molar-refractivity contribution is 5.74. The second-order valence-electron chi connectivity index (χ2n) is 3.29. The summed E-state index contributed by atoms with van der Waals surface area (Å²) in [4.78, 5) is 10.6. The topological polar surface area (TPSA) is 69.1 Å². The molecule has 14 heavy (non-hydrogen) atoms. The van der Waals surface area contributed by atoms with E-state index in [-0.39, 0.29) is 12.2 Å². The van der Waals surface area contributed by atoms with E-state index in [1.807, 2.05) is 0 Å². The molecule has 0 aliphatic rings. The van der Waals surface area contributed by atoms with Crippen molar-refractivity contribution in [2.24, 2.45) is 11.5 Å². The molecule has 1 atom stereocenters. The van der Waals surface area contributed by atoms with E-state index < -0.39 is 11.9 Å². The predicted molar refractivity (Wildman–Crippen MR) is 51.9 cm³/mol. The van der Waals surface area contributed by atoms with Gasteiger partial charge >= 0.3 is 0 Å². The Morgan fingerprint density at radius 3 is 2.71 bits per heavy atom. The SMILES string of the molecule is Cc1cc(C(N)CC(N)=O)ccc1F. The molecule has 1 aromatic carbocycles. The number of rotatable bonds is 3. The van der Waals surface area contributed by atoms with Crippen molar-refractivity contribution in [3.63, 3.8) is 0 Å². The third-order valence-electron chi connectivity index (χ3n) is 2.03. The Morgan fingerprint density at radius 2 is 2.21 bits per heavy atom. The molecule has 0 saturated heterocycles. The van der Waals surface area contributed by atoms with E-state index in [0.717, 1.165) is 5.56 Å². The lowest BCUT2D eigenvalue weighted by molar-refractivity contribution is -0.118. The summed E-state index contributed by atoms with van der Waals surface area (Å²) in [6, 6.07) is 4.08. The third kappa shape index (κ3) is 2.53. The Hall–Kier alpha value is -1.42. The summed E-state index contributed by atoms with van der Waals surface area (Å²) < 4.78 is 12.9. The summed E-state index contributed by atoms with van der Waals surface area (Å²) in [6.07, 6.45) is 0.0745. The second-order valence-corrected chi connectivity index (χ2v) is 3.29. The Kier molecular flexibility index (Phi) is 3.19. The molecule has 0 radical (unpaired) electrons. The van der Waals surface area contributed by atoms with Crippen LogP contribution in [0.4, 0.5) is 4.39 Å². The summed E-state index contributed by atoms with van der Waals surface area (Å²) in [6.45, 7) is 1.65. The van der Waals surface area contributed by atoms with Crippen LogP contribution in [0.3, 0.4) is 0 Å². The van der Waals surface area contributed by atoms with Crippen LogP contribution in [0.2, 0.25) is 0 Å². The summed E-state index contributed by atoms with van der Waals surface area (Å²) in [7, 11) is 0. The fourth-order valence-corrected chi connectivity index (χ4v) is 1.23. The largest absolute Gasteiger partial charge is 0.370 e. The maximum absolute atomic E-state index is 12.9. The Bertz CT molecular complexity index is 352. The van der Waals surface area contributed by atoms with Gasteiger partial charge in [-0.05, 0) is 24.1 Å². The van der Waals surface area contributed by atoms with Crippen LogP contribution in [0.15, 0.2) is 18.2 Å². The molecular formula is C10H13FN2O. The molecule has 1 aromatic rings. The predicted octanol–water partition coefficient (Wildman–Crippen LogP) is 1.01. The number of aryl methyl sites for hydroxylation is 1. The molecule has 0 spiro atoms. The van der Waals surface area contributed by atoms with Crippen LogP contribution in [-0.2, 0) is 4.79 Å². The smallest absolute Gasteiger partial charge is 0.219 e. The van der Waals surface area contributed by atoms with Crippen molar-refractivity contribution < 1.29 is 9.18 Å². The van der Waals surface area contributed by atoms with Gasteiger partial charge in [0.25, 0.3) is 0 Å². The molecule has 0 fully saturated rings. The number of halogens is 1. The first-order chi connectivity index (χ1) is 6.50. The van der Waals surface area contributed by atoms with Crippen molar-refractivity contribution >= 4 is 5.91 Å². The highest BCUT2D eigenvalue weighted by atomic mass is 19.1. The number of benzene rings is 1. The normalized spacial score (nSPS) is 12.5. The average Bonchev–Trinajstić information content (AvgIpc) is 2.08. The molecule has 1 unspecified atom stereocenters. The number of hydrogen-bond acceptors (Lipinski definition) is 2. The molecule has 0 aliphatic heterocycles. The number of amides is 1. The molecule has 0 aromatic heterocycles. The van der Waals surface area contributed by atoms with Gasteiger partial charge in [-0.3, -0.25) is 4.79 Å². The molecule has 4 heteroatoms. The second kappa shape index (κ2) is 4.19. The highest BCUT2D eigenvalue weighted by Gasteiger charge is 2.10. The van der Waals surface area contributed by atoms with E-state index in [2.05, 4.69) is 0 Å². The van der Waals surface area contributed by atoms with Crippen molar-refractivity contribution in [2.75, 3.05) is 0 Å². The fraction of sp³-hybridized carbons (Fsp3) is 0.300. The lowest BCUT2D eigenvalue weighted by Gasteiger charge is -2.10. The van der Waals surface area contributed by atoms with Gasteiger partial charge in [0.05, 0.1) is 0 Å². The van der Waals surface area contributed by atoms with E-state index >= 15 is 0 Å². The van der Waals surface area contributed by atoms with Gasteiger partial charge in [-0.25, -0.2) is 4.39 Å². The lowest BCUT2D eigenvalue weighted by atomic mass is 10.0. The molecule has 0 bridgehead atoms. The zero-order valence-electron chi connectivity index (χ0n) is 7.96. The fourth-order valence-electron chi connectivity index (χ4n) is 1.23. The number of carbonyl (C=O) groups excluding carboxylic acids is 1. The quantitative estimate of drug-likeness (QED) is 0.757. The molecule has 1 rings (SSSR count). The number of primary amides is 1. The maximum atomic E-state index is 12.9. The molecule has 0 saturated carbocycles. The summed E-state index contributed by atoms with van der Waals surface area (Å²) in [5.41, 5.74) is 11.9. The third-order valence-corrected chi connectivity index (χ3v) is 2.03. The standard InChI is InChI=1S/C10H13FN2O/c1-6-4-7(2-3-8(6)11)9(12)5-10(13)14/h2-4,9H,5,12H2,1H3,(H2,13,14). The summed E-state index contributed by atoms with van der Waals surface area (Å²) in [5, 5.41) is 0. The Labute approximate surface area is 81.9 Å². The van der Waals surface area contributed by atoms with Crippen LogP contribution in [0.25, 0.3) is 0 Å². The molecule has 4 N–H and O–H groups in total. The Morgan fingerprint density at radius 1 is 1.57 bits per heavy atom. The van der Waals surface area contributed by atoms with Crippen molar-refractivity contribution in [2.45, 2.75) is 19.4 Å². The first-order valence-corrected chi connectivity index (χ1v) is 4.30. The van der Waals surface area contributed by atoms with Gasteiger partial charge in [-0.2, -0.15) is 0 Å². The Balaban J connectivity index is 2.85. The van der Waals surface area contributed by atoms with Crippen molar-refractivity contribution in [3.05, 3.63) is 35.1 Å². The number of nitrogens with two attached hydrogens (primary N) is 2. The molecule has 0 heterocycles. The van der Waals surface area contributed by atoms with Gasteiger partial charge in [-0.15, -0.1) is 0 Å².